The van der Waals surface area contributed by atoms with Crippen LogP contribution >= 0.6 is 0 Å². The lowest BCUT2D eigenvalue weighted by Crippen LogP contribution is -2.41. The van der Waals surface area contributed by atoms with Crippen LogP contribution in [-0.2, 0) is 0 Å². The highest BCUT2D eigenvalue weighted by Gasteiger charge is 2.61. The van der Waals surface area contributed by atoms with Gasteiger partial charge in [-0.05, 0) is 30.7 Å². The van der Waals surface area contributed by atoms with Gasteiger partial charge in [0, 0.05) is 12.0 Å². The molecule has 0 N–H and O–H groups in total. The van der Waals surface area contributed by atoms with Crippen LogP contribution in [-0.4, -0.2) is 18.1 Å². The molecule has 1 aromatic rings. The van der Waals surface area contributed by atoms with E-state index in [2.05, 4.69) is 11.7 Å². The van der Waals surface area contributed by atoms with Crippen molar-refractivity contribution in [2.75, 3.05) is 0 Å². The van der Waals surface area contributed by atoms with Crippen LogP contribution in [0.25, 0.3) is 0 Å². The largest absolute Gasteiger partial charge is 0.499 e. The fourth-order valence-electron chi connectivity index (χ4n) is 1.22. The molecule has 0 aliphatic rings. The Balaban J connectivity index is 2.81. The number of halogens is 5. The monoisotopic (exact) mass is 281 g/mol. The van der Waals surface area contributed by atoms with Crippen molar-refractivity contribution in [3.8, 4) is 5.75 Å². The van der Waals surface area contributed by atoms with Crippen LogP contribution in [0.1, 0.15) is 23.2 Å². The molecule has 0 aliphatic heterocycles. The lowest BCUT2D eigenvalue weighted by molar-refractivity contribution is -0.360. The van der Waals surface area contributed by atoms with Gasteiger partial charge >= 0.3 is 12.3 Å². The smallest absolute Gasteiger partial charge is 0.426 e. The zero-order chi connectivity index (χ0) is 14.7. The van der Waals surface area contributed by atoms with Gasteiger partial charge in [-0.3, -0.25) is 4.79 Å². The lowest BCUT2D eigenvalue weighted by Gasteiger charge is -2.20. The number of hydrogen-bond donors (Lipinski definition) is 0. The summed E-state index contributed by atoms with van der Waals surface area (Å²) >= 11 is 0. The zero-order valence-corrected chi connectivity index (χ0v) is 9.64. The van der Waals surface area contributed by atoms with Crippen molar-refractivity contribution >= 4 is 5.78 Å². The van der Waals surface area contributed by atoms with Gasteiger partial charge in [0.05, 0.1) is 0 Å². The molecule has 105 valence electrons. The summed E-state index contributed by atoms with van der Waals surface area (Å²) in [4.78, 5) is 11.4. The molecular weight excluding hydrogens is 271 g/mol. The fraction of sp³-hybridized carbons (Fsp3) is 0.333. The molecule has 0 spiro atoms. The number of hydrogen-bond acceptors (Lipinski definition) is 2. The van der Waals surface area contributed by atoms with Crippen LogP contribution in [0.15, 0.2) is 24.3 Å². The molecule has 0 aromatic heterocycles. The third-order valence-electron chi connectivity index (χ3n) is 2.16. The summed E-state index contributed by atoms with van der Waals surface area (Å²) < 4.78 is 64.4. The van der Waals surface area contributed by atoms with Gasteiger partial charge in [0.2, 0.25) is 0 Å². The Morgan fingerprint density at radius 1 is 1.11 bits per heavy atom. The van der Waals surface area contributed by atoms with E-state index in [0.29, 0.717) is 6.42 Å². The molecule has 1 radical (unpaired) electrons. The van der Waals surface area contributed by atoms with Crippen LogP contribution in [0.3, 0.4) is 0 Å². The van der Waals surface area contributed by atoms with Crippen molar-refractivity contribution in [2.45, 2.75) is 25.1 Å². The third kappa shape index (κ3) is 3.90. The summed E-state index contributed by atoms with van der Waals surface area (Å²) in [6.07, 6.45) is -10.5. The van der Waals surface area contributed by atoms with Crippen LogP contribution in [0.2, 0.25) is 0 Å². The fourth-order valence-corrected chi connectivity index (χ4v) is 1.22. The number of ether oxygens (including phenoxy) is 1. The molecule has 7 heteroatoms. The van der Waals surface area contributed by atoms with E-state index in [9.17, 15) is 26.7 Å². The molecule has 0 saturated carbocycles. The molecule has 0 atom stereocenters. The van der Waals surface area contributed by atoms with Gasteiger partial charge in [-0.1, -0.05) is 6.92 Å². The Morgan fingerprint density at radius 2 is 1.63 bits per heavy atom. The Kier molecular flexibility index (Phi) is 4.49. The van der Waals surface area contributed by atoms with Crippen molar-refractivity contribution < 1.29 is 31.5 Å². The van der Waals surface area contributed by atoms with Gasteiger partial charge in [-0.15, -0.1) is 0 Å². The van der Waals surface area contributed by atoms with Crippen molar-refractivity contribution in [1.82, 2.24) is 0 Å². The Bertz CT molecular complexity index is 436. The average Bonchev–Trinajstić information content (AvgIpc) is 2.28. The summed E-state index contributed by atoms with van der Waals surface area (Å²) in [7, 11) is 0. The van der Waals surface area contributed by atoms with Gasteiger partial charge < -0.3 is 4.74 Å². The number of rotatable bonds is 5. The number of alkyl halides is 5. The minimum Gasteiger partial charge on any atom is -0.426 e. The highest BCUT2D eigenvalue weighted by molar-refractivity contribution is 5.96. The van der Waals surface area contributed by atoms with E-state index in [1.165, 1.54) is 0 Å². The minimum atomic E-state index is -5.80. The van der Waals surface area contributed by atoms with E-state index in [1.54, 1.807) is 0 Å². The lowest BCUT2D eigenvalue weighted by atomic mass is 10.1. The normalized spacial score (nSPS) is 12.3. The zero-order valence-electron chi connectivity index (χ0n) is 9.64. The molecule has 0 unspecified atom stereocenters. The molecule has 0 bridgehead atoms. The molecule has 0 aliphatic carbocycles. The summed E-state index contributed by atoms with van der Waals surface area (Å²) in [6.45, 7) is 3.47. The highest BCUT2D eigenvalue weighted by Crippen LogP contribution is 2.37. The quantitative estimate of drug-likeness (QED) is 0.602. The first-order valence-electron chi connectivity index (χ1n) is 5.23. The molecule has 1 rings (SSSR count). The van der Waals surface area contributed by atoms with Crippen molar-refractivity contribution in [2.24, 2.45) is 0 Å². The first-order valence-corrected chi connectivity index (χ1v) is 5.23. The van der Waals surface area contributed by atoms with Crippen molar-refractivity contribution in [3.05, 3.63) is 36.8 Å². The molecule has 19 heavy (non-hydrogen) atoms. The van der Waals surface area contributed by atoms with E-state index in [0.717, 1.165) is 24.3 Å². The maximum Gasteiger partial charge on any atom is 0.499 e. The number of benzene rings is 1. The third-order valence-corrected chi connectivity index (χ3v) is 2.16. The number of ketones is 1. The SMILES string of the molecule is [CH2]CCC(=O)c1ccc(OC(F)(F)C(F)(F)F)cc1. The molecule has 2 nitrogen and oxygen atoms in total. The number of carbonyl (C=O) groups excluding carboxylic acids is 1. The van der Waals surface area contributed by atoms with Gasteiger partial charge in [0.1, 0.15) is 5.75 Å². The molecule has 0 fully saturated rings. The van der Waals surface area contributed by atoms with Gasteiger partial charge in [0.25, 0.3) is 0 Å². The summed E-state index contributed by atoms with van der Waals surface area (Å²) in [5.74, 6) is -0.947. The number of carbonyl (C=O) groups is 1. The van der Waals surface area contributed by atoms with Crippen LogP contribution in [0.4, 0.5) is 22.0 Å². The Labute approximate surface area is 106 Å². The molecular formula is C12H10F5O2. The Hall–Kier alpha value is -1.66. The van der Waals surface area contributed by atoms with E-state index < -0.39 is 18.0 Å². The topological polar surface area (TPSA) is 26.3 Å². The summed E-state index contributed by atoms with van der Waals surface area (Å²) in [5.41, 5.74) is 0.200. The second-order valence-corrected chi connectivity index (χ2v) is 3.67. The Morgan fingerprint density at radius 3 is 2.05 bits per heavy atom. The van der Waals surface area contributed by atoms with Gasteiger partial charge in [0.15, 0.2) is 5.78 Å². The summed E-state index contributed by atoms with van der Waals surface area (Å²) in [5, 5.41) is 0. The van der Waals surface area contributed by atoms with Crippen LogP contribution in [0, 0.1) is 6.92 Å². The minimum absolute atomic E-state index is 0.166. The van der Waals surface area contributed by atoms with Crippen molar-refractivity contribution in [1.29, 1.82) is 0 Å². The first-order chi connectivity index (χ1) is 8.67. The second kappa shape index (κ2) is 5.54. The standard InChI is InChI=1S/C12H10F5O2/c1-2-3-10(18)8-4-6-9(7-5-8)19-12(16,17)11(13,14)15/h4-7H,1-3H2. The summed E-state index contributed by atoms with van der Waals surface area (Å²) in [6, 6.07) is 4.02. The molecule has 0 amide bonds. The second-order valence-electron chi connectivity index (χ2n) is 3.67. The van der Waals surface area contributed by atoms with E-state index in [1.807, 2.05) is 0 Å². The van der Waals surface area contributed by atoms with Crippen LogP contribution < -0.4 is 4.74 Å². The van der Waals surface area contributed by atoms with E-state index >= 15 is 0 Å². The average molecular weight is 281 g/mol. The maximum absolute atomic E-state index is 12.6. The van der Waals surface area contributed by atoms with Gasteiger partial charge in [-0.25, -0.2) is 0 Å². The predicted octanol–water partition coefficient (Wildman–Crippen LogP) is 4.02. The van der Waals surface area contributed by atoms with Gasteiger partial charge in [-0.2, -0.15) is 22.0 Å². The maximum atomic E-state index is 12.6. The molecule has 1 aromatic carbocycles. The van der Waals surface area contributed by atoms with Crippen LogP contribution in [0.5, 0.6) is 5.75 Å². The van der Waals surface area contributed by atoms with E-state index in [4.69, 9.17) is 0 Å². The first kappa shape index (κ1) is 15.4. The molecule has 0 heterocycles. The molecule has 0 saturated heterocycles. The highest BCUT2D eigenvalue weighted by atomic mass is 19.4. The van der Waals surface area contributed by atoms with E-state index in [-0.39, 0.29) is 17.8 Å². The number of Topliss-reactive ketones (excluding diaryl/α,β-unsaturated/α-hetero) is 1. The predicted molar refractivity (Wildman–Crippen MR) is 57.0 cm³/mol. The van der Waals surface area contributed by atoms with Crippen molar-refractivity contribution in [3.63, 3.8) is 0 Å².